The fourth-order valence-corrected chi connectivity index (χ4v) is 5.92. The van der Waals surface area contributed by atoms with E-state index in [9.17, 15) is 20.4 Å². The number of hydrogen-bond donors (Lipinski definition) is 1. The molecular weight excluding hydrogens is 787 g/mol. The summed E-state index contributed by atoms with van der Waals surface area (Å²) in [5.41, 5.74) is 4.89. The molecule has 260 valence electrons. The van der Waals surface area contributed by atoms with E-state index in [4.69, 9.17) is 0 Å². The molecule has 4 aromatic carbocycles. The van der Waals surface area contributed by atoms with Crippen molar-refractivity contribution in [2.75, 3.05) is 0 Å². The zero-order chi connectivity index (χ0) is 34.7. The van der Waals surface area contributed by atoms with Crippen molar-refractivity contribution in [2.24, 2.45) is 0 Å². The van der Waals surface area contributed by atoms with Crippen LogP contribution in [-0.2, 0) is 39.0 Å². The number of carbonyl (C=O) groups excluding carboxylic acids is 1. The van der Waals surface area contributed by atoms with Crippen molar-refractivity contribution >= 4 is 39.8 Å². The summed E-state index contributed by atoms with van der Waals surface area (Å²) in [5.74, 6) is -1.11. The maximum absolute atomic E-state index is 12.5. The number of ketones is 1. The third-order valence-electron chi connectivity index (χ3n) is 6.47. The number of aliphatic hydroxyl groups excluding tert-OH is 1. The van der Waals surface area contributed by atoms with E-state index in [0.717, 1.165) is 22.5 Å². The molecule has 0 spiro atoms. The van der Waals surface area contributed by atoms with Crippen LogP contribution in [0.1, 0.15) is 59.5 Å². The van der Waals surface area contributed by atoms with Crippen LogP contribution in [0.4, 0.5) is 0 Å². The van der Waals surface area contributed by atoms with E-state index >= 15 is 0 Å². The summed E-state index contributed by atoms with van der Waals surface area (Å²) in [5, 5.41) is 33.9. The smallest absolute Gasteiger partial charge is 0.186 e. The largest absolute Gasteiger partial charge is 0.506 e. The molecule has 1 unspecified atom stereocenters. The quantitative estimate of drug-likeness (QED) is 0.0564. The monoisotopic (exact) mass is 826 g/mol. The first-order valence-electron chi connectivity index (χ1n) is 15.5. The van der Waals surface area contributed by atoms with E-state index in [1.54, 1.807) is 36.4 Å². The SMILES string of the molecule is CC.CC.N#C/C(=C(/O)c1ccccc1)c1nc(-c2ccccc2)cs1.N#CC(C(=O)c1ccccc1)c1nc(-c2ccccc2)cs1.[CH3-].[CH3-].[Zn].[Zn]. The number of nitrogens with zero attached hydrogens (tertiary/aromatic N) is 4. The molecule has 0 saturated carbocycles. The Kier molecular flexibility index (Phi) is 26.0. The summed E-state index contributed by atoms with van der Waals surface area (Å²) in [6.07, 6.45) is 0. The van der Waals surface area contributed by atoms with Gasteiger partial charge in [-0.3, -0.25) is 4.79 Å². The molecule has 0 aliphatic rings. The van der Waals surface area contributed by atoms with Crippen molar-refractivity contribution in [3.05, 3.63) is 168 Å². The second-order valence-electron chi connectivity index (χ2n) is 9.33. The molecule has 0 fully saturated rings. The van der Waals surface area contributed by atoms with E-state index in [0.29, 0.717) is 21.1 Å². The number of nitriles is 2. The summed E-state index contributed by atoms with van der Waals surface area (Å²) in [6, 6.07) is 41.5. The second kappa shape index (κ2) is 27.3. The molecule has 6 aromatic rings. The van der Waals surface area contributed by atoms with Crippen molar-refractivity contribution in [3.63, 3.8) is 0 Å². The maximum Gasteiger partial charge on any atom is 0.186 e. The standard InChI is InChI=1S/2C18H12N2OS.2C2H6.2CH3.2Zn/c2*19-11-15(17(21)14-9-5-2-6-10-14)18-20-16(12-22-18)13-7-3-1-4-8-13;2*1-2;;;;/h1-10,12,21H;1-10,12,15H;2*1-2H3;2*1H3;;/q;;;;2*-1;;/b17-15-;;;;;;;. The van der Waals surface area contributed by atoms with Gasteiger partial charge in [0.1, 0.15) is 27.4 Å². The molecule has 0 saturated heterocycles. The topological polar surface area (TPSA) is 111 Å². The maximum atomic E-state index is 12.5. The minimum absolute atomic E-state index is 0. The van der Waals surface area contributed by atoms with Gasteiger partial charge in [0.15, 0.2) is 11.7 Å². The number of benzene rings is 4. The molecule has 6 rings (SSSR count). The molecule has 1 atom stereocenters. The van der Waals surface area contributed by atoms with Crippen LogP contribution in [0.25, 0.3) is 33.8 Å². The fourth-order valence-electron chi connectivity index (χ4n) is 4.23. The Morgan fingerprint density at radius 1 is 0.635 bits per heavy atom. The third kappa shape index (κ3) is 13.6. The van der Waals surface area contributed by atoms with Crippen LogP contribution in [0.3, 0.4) is 0 Å². The molecule has 1 N–H and O–H groups in total. The van der Waals surface area contributed by atoms with Crippen molar-refractivity contribution in [2.45, 2.75) is 33.6 Å². The zero-order valence-corrected chi connectivity index (χ0v) is 38.2. The number of thiazole rings is 2. The molecular formula is C42H42N4O2S2Zn2-2. The average molecular weight is 830 g/mol. The van der Waals surface area contributed by atoms with Gasteiger partial charge in [-0.15, -0.1) is 22.7 Å². The van der Waals surface area contributed by atoms with Crippen molar-refractivity contribution < 1.29 is 48.9 Å². The average Bonchev–Trinajstić information content (AvgIpc) is 3.87. The molecule has 0 radical (unpaired) electrons. The fraction of sp³-hybridized carbons (Fsp3) is 0.119. The third-order valence-corrected chi connectivity index (χ3v) is 8.24. The first kappa shape index (κ1) is 49.7. The Bertz CT molecular complexity index is 1970. The predicted octanol–water partition coefficient (Wildman–Crippen LogP) is 12.0. The first-order chi connectivity index (χ1) is 23.6. The van der Waals surface area contributed by atoms with Gasteiger partial charge in [-0.1, -0.05) is 149 Å². The number of carbonyl (C=O) groups is 1. The van der Waals surface area contributed by atoms with Crippen molar-refractivity contribution in [1.82, 2.24) is 9.97 Å². The minimum Gasteiger partial charge on any atom is -0.506 e. The number of aliphatic hydroxyl groups is 1. The molecule has 52 heavy (non-hydrogen) atoms. The summed E-state index contributed by atoms with van der Waals surface area (Å²) in [6.45, 7) is 8.00. The van der Waals surface area contributed by atoms with E-state index in [-0.39, 0.29) is 70.9 Å². The summed E-state index contributed by atoms with van der Waals surface area (Å²) < 4.78 is 0. The Balaban J connectivity index is 0. The van der Waals surface area contributed by atoms with Gasteiger partial charge < -0.3 is 20.0 Å². The Hall–Kier alpha value is -4.42. The molecule has 0 aliphatic carbocycles. The van der Waals surface area contributed by atoms with Crippen molar-refractivity contribution in [3.8, 4) is 34.7 Å². The zero-order valence-electron chi connectivity index (χ0n) is 30.7. The second-order valence-corrected chi connectivity index (χ2v) is 11.1. The number of Topliss-reactive ketones (excluding diaryl/α,β-unsaturated/α-hetero) is 1. The molecule has 0 aliphatic heterocycles. The Morgan fingerprint density at radius 2 is 1.04 bits per heavy atom. The molecule has 2 heterocycles. The number of rotatable bonds is 7. The van der Waals surface area contributed by atoms with Gasteiger partial charge in [-0.2, -0.15) is 10.5 Å². The van der Waals surface area contributed by atoms with Gasteiger partial charge in [0.25, 0.3) is 0 Å². The van der Waals surface area contributed by atoms with Crippen LogP contribution < -0.4 is 0 Å². The van der Waals surface area contributed by atoms with E-state index in [2.05, 4.69) is 22.1 Å². The molecule has 0 amide bonds. The number of hydrogen-bond acceptors (Lipinski definition) is 8. The van der Waals surface area contributed by atoms with Crippen LogP contribution >= 0.6 is 22.7 Å². The predicted molar refractivity (Wildman–Crippen MR) is 211 cm³/mol. The number of allylic oxidation sites excluding steroid dienone is 1. The Labute approximate surface area is 343 Å². The molecule has 6 nitrogen and oxygen atoms in total. The van der Waals surface area contributed by atoms with Crippen LogP contribution in [0.15, 0.2) is 132 Å². The van der Waals surface area contributed by atoms with Gasteiger partial charge in [-0.25, -0.2) is 9.97 Å². The van der Waals surface area contributed by atoms with Crippen LogP contribution in [-0.4, -0.2) is 20.9 Å². The first-order valence-corrected chi connectivity index (χ1v) is 17.2. The molecule has 0 bridgehead atoms. The van der Waals surface area contributed by atoms with E-state index in [1.807, 2.05) is 123 Å². The summed E-state index contributed by atoms with van der Waals surface area (Å²) in [7, 11) is 0. The van der Waals surface area contributed by atoms with Crippen LogP contribution in [0, 0.1) is 37.5 Å². The summed E-state index contributed by atoms with van der Waals surface area (Å²) in [4.78, 5) is 21.4. The minimum atomic E-state index is -0.857. The van der Waals surface area contributed by atoms with Crippen molar-refractivity contribution in [1.29, 1.82) is 10.5 Å². The normalized spacial score (nSPS) is 10.0. The van der Waals surface area contributed by atoms with Crippen LogP contribution in [0.5, 0.6) is 0 Å². The van der Waals surface area contributed by atoms with Gasteiger partial charge in [0.2, 0.25) is 0 Å². The summed E-state index contributed by atoms with van der Waals surface area (Å²) >= 11 is 2.69. The van der Waals surface area contributed by atoms with Gasteiger partial charge in [0.05, 0.1) is 17.5 Å². The van der Waals surface area contributed by atoms with Gasteiger partial charge in [-0.05, 0) is 0 Å². The van der Waals surface area contributed by atoms with E-state index in [1.165, 1.54) is 22.7 Å². The number of aromatic nitrogens is 2. The van der Waals surface area contributed by atoms with Gasteiger partial charge >= 0.3 is 0 Å². The van der Waals surface area contributed by atoms with Crippen LogP contribution in [0.2, 0.25) is 0 Å². The molecule has 10 heteroatoms. The molecule has 2 aromatic heterocycles. The van der Waals surface area contributed by atoms with Gasteiger partial charge in [0, 0.05) is 72.0 Å². The Morgan fingerprint density at radius 3 is 1.48 bits per heavy atom. The van der Waals surface area contributed by atoms with E-state index < -0.39 is 5.92 Å².